The Morgan fingerprint density at radius 3 is 2.29 bits per heavy atom. The smallest absolute Gasteiger partial charge is 0.338 e. The lowest BCUT2D eigenvalue weighted by Crippen LogP contribution is -2.78. The van der Waals surface area contributed by atoms with Crippen molar-refractivity contribution in [2.75, 3.05) is 6.54 Å². The number of rotatable bonds is 7. The van der Waals surface area contributed by atoms with Crippen LogP contribution < -0.4 is 21.8 Å². The van der Waals surface area contributed by atoms with E-state index < -0.39 is 0 Å². The van der Waals surface area contributed by atoms with Crippen LogP contribution >= 0.6 is 0 Å². The summed E-state index contributed by atoms with van der Waals surface area (Å²) >= 11 is 0. The molecule has 0 aliphatic heterocycles. The first-order valence-electron chi connectivity index (χ1n) is 5.97. The molecule has 0 saturated carbocycles. The summed E-state index contributed by atoms with van der Waals surface area (Å²) in [4.78, 5) is 14.7. The first kappa shape index (κ1) is 15.5. The molecule has 0 unspecified atom stereocenters. The summed E-state index contributed by atoms with van der Waals surface area (Å²) in [5.41, 5.74) is 11.2. The van der Waals surface area contributed by atoms with Crippen LogP contribution in [0.5, 0.6) is 0 Å². The molecule has 0 amide bonds. The maximum Gasteiger partial charge on any atom is 0.338 e. The second kappa shape index (κ2) is 7.70. The van der Waals surface area contributed by atoms with Gasteiger partial charge >= 0.3 is 5.96 Å². The van der Waals surface area contributed by atoms with Gasteiger partial charge in [0.2, 0.25) is 0 Å². The van der Waals surface area contributed by atoms with Crippen molar-refractivity contribution in [3.8, 4) is 0 Å². The highest BCUT2D eigenvalue weighted by Crippen LogP contribution is 2.05. The van der Waals surface area contributed by atoms with Gasteiger partial charge in [-0.15, -0.1) is 0 Å². The van der Waals surface area contributed by atoms with E-state index in [0.717, 1.165) is 0 Å². The van der Waals surface area contributed by atoms with Crippen molar-refractivity contribution in [1.82, 2.24) is 5.32 Å². The predicted molar refractivity (Wildman–Crippen MR) is 70.0 cm³/mol. The summed E-state index contributed by atoms with van der Waals surface area (Å²) in [5, 5.41) is 3.16. The molecule has 0 aromatic carbocycles. The molecule has 5 nitrogen and oxygen atoms in total. The second-order valence-electron chi connectivity index (χ2n) is 4.61. The Hall–Kier alpha value is -1.52. The van der Waals surface area contributed by atoms with Crippen LogP contribution in [-0.4, -0.2) is 24.3 Å². The molecule has 0 saturated heterocycles. The quantitative estimate of drug-likeness (QED) is 0.196. The van der Waals surface area contributed by atoms with E-state index in [1.165, 1.54) is 0 Å². The van der Waals surface area contributed by atoms with E-state index in [1.807, 2.05) is 33.8 Å². The summed E-state index contributed by atoms with van der Waals surface area (Å²) in [7, 11) is 0. The van der Waals surface area contributed by atoms with Crippen LogP contribution in [0.25, 0.3) is 0 Å². The minimum atomic E-state index is -0.00778. The first-order valence-corrected chi connectivity index (χ1v) is 5.97. The van der Waals surface area contributed by atoms with Gasteiger partial charge in [-0.3, -0.25) is 21.3 Å². The van der Waals surface area contributed by atoms with Gasteiger partial charge in [-0.25, -0.2) is 0 Å². The molecule has 0 aromatic heterocycles. The summed E-state index contributed by atoms with van der Waals surface area (Å²) in [6.07, 6.45) is 2.59. The van der Waals surface area contributed by atoms with Gasteiger partial charge < -0.3 is 5.32 Å². The normalized spacial score (nSPS) is 11.8. The Bertz CT molecular complexity index is 302. The number of allylic oxidation sites excluding steroid dienone is 1. The number of carbonyl (C=O) groups is 1. The fraction of sp³-hybridized carbons (Fsp3) is 0.667. The van der Waals surface area contributed by atoms with Crippen molar-refractivity contribution in [3.63, 3.8) is 0 Å². The molecular weight excluding hydrogens is 216 g/mol. The monoisotopic (exact) mass is 241 g/mol. The third kappa shape index (κ3) is 7.38. The lowest BCUT2D eigenvalue weighted by molar-refractivity contribution is -0.457. The number of guanidine groups is 1. The third-order valence-electron chi connectivity index (χ3n) is 2.06. The van der Waals surface area contributed by atoms with E-state index in [1.54, 1.807) is 0 Å². The molecule has 5 heteroatoms. The molecule has 0 aromatic rings. The molecule has 0 aliphatic carbocycles. The average molecular weight is 241 g/mol. The number of Topliss-reactive ketones (excluding diaryl/α,β-unsaturated/α-hetero) is 1. The zero-order valence-corrected chi connectivity index (χ0v) is 11.2. The van der Waals surface area contributed by atoms with Gasteiger partial charge in [-0.05, 0) is 20.3 Å². The van der Waals surface area contributed by atoms with Crippen LogP contribution in [0.2, 0.25) is 0 Å². The first-order chi connectivity index (χ1) is 7.84. The molecule has 0 spiro atoms. The third-order valence-corrected chi connectivity index (χ3v) is 2.06. The Labute approximate surface area is 103 Å². The van der Waals surface area contributed by atoms with Crippen LogP contribution in [-0.2, 0) is 4.79 Å². The largest absolute Gasteiger partial charge is 0.380 e. The highest BCUT2D eigenvalue weighted by Gasteiger charge is 2.13. The number of hydrogen-bond donors (Lipinski definition) is 4. The van der Waals surface area contributed by atoms with Gasteiger partial charge in [0.15, 0.2) is 5.78 Å². The van der Waals surface area contributed by atoms with Crippen molar-refractivity contribution in [3.05, 3.63) is 11.8 Å². The fourth-order valence-corrected chi connectivity index (χ4v) is 1.29. The van der Waals surface area contributed by atoms with E-state index >= 15 is 0 Å². The maximum atomic E-state index is 11.9. The van der Waals surface area contributed by atoms with Crippen molar-refractivity contribution < 1.29 is 9.79 Å². The van der Waals surface area contributed by atoms with Crippen LogP contribution in [0.1, 0.15) is 34.1 Å². The van der Waals surface area contributed by atoms with Crippen molar-refractivity contribution >= 4 is 11.7 Å². The van der Waals surface area contributed by atoms with Crippen LogP contribution in [0.3, 0.4) is 0 Å². The highest BCUT2D eigenvalue weighted by atomic mass is 16.1. The van der Waals surface area contributed by atoms with E-state index in [-0.39, 0.29) is 23.7 Å². The Balaban J connectivity index is 4.51. The molecule has 0 radical (unpaired) electrons. The van der Waals surface area contributed by atoms with Gasteiger partial charge in [0, 0.05) is 12.0 Å². The molecule has 0 heterocycles. The number of carbonyl (C=O) groups excluding carboxylic acids is 1. The van der Waals surface area contributed by atoms with E-state index in [2.05, 4.69) is 10.3 Å². The van der Waals surface area contributed by atoms with Gasteiger partial charge in [-0.2, -0.15) is 0 Å². The van der Waals surface area contributed by atoms with Gasteiger partial charge in [-0.1, -0.05) is 19.9 Å². The molecule has 0 rings (SSSR count). The fourth-order valence-electron chi connectivity index (χ4n) is 1.29. The minimum Gasteiger partial charge on any atom is -0.380 e. The molecule has 98 valence electrons. The van der Waals surface area contributed by atoms with E-state index in [0.29, 0.717) is 18.7 Å². The second-order valence-corrected chi connectivity index (χ2v) is 4.61. The molecule has 17 heavy (non-hydrogen) atoms. The minimum absolute atomic E-state index is 0.00778. The molecule has 0 aliphatic rings. The van der Waals surface area contributed by atoms with Gasteiger partial charge in [0.05, 0.1) is 12.2 Å². The summed E-state index contributed by atoms with van der Waals surface area (Å²) in [6, 6.07) is 0.239. The predicted octanol–water partition coefficient (Wildman–Crippen LogP) is -1.16. The average Bonchev–Trinajstić information content (AvgIpc) is 2.20. The number of ketones is 1. The molecule has 6 N–H and O–H groups in total. The molecule has 0 fully saturated rings. The number of hydrogen-bond acceptors (Lipinski definition) is 2. The van der Waals surface area contributed by atoms with Crippen molar-refractivity contribution in [2.24, 2.45) is 17.4 Å². The van der Waals surface area contributed by atoms with Crippen molar-refractivity contribution in [1.29, 1.82) is 0 Å². The maximum absolute atomic E-state index is 11.9. The summed E-state index contributed by atoms with van der Waals surface area (Å²) in [5.74, 6) is 0.321. The van der Waals surface area contributed by atoms with Gasteiger partial charge in [0.25, 0.3) is 0 Å². The van der Waals surface area contributed by atoms with Crippen LogP contribution in [0.15, 0.2) is 11.8 Å². The lowest BCUT2D eigenvalue weighted by atomic mass is 10.0. The van der Waals surface area contributed by atoms with Gasteiger partial charge in [0.1, 0.15) is 0 Å². The lowest BCUT2D eigenvalue weighted by Gasteiger charge is -2.15. The number of nitrogens with two attached hydrogens (primary N) is 2. The van der Waals surface area contributed by atoms with Crippen LogP contribution in [0, 0.1) is 5.92 Å². The zero-order chi connectivity index (χ0) is 13.4. The Morgan fingerprint density at radius 1 is 1.29 bits per heavy atom. The zero-order valence-electron chi connectivity index (χ0n) is 11.2. The summed E-state index contributed by atoms with van der Waals surface area (Å²) in [6.45, 7) is 8.41. The number of nitrogens with one attached hydrogen (secondary N) is 2. The Morgan fingerprint density at radius 2 is 1.88 bits per heavy atom. The van der Waals surface area contributed by atoms with Crippen LogP contribution in [0.4, 0.5) is 0 Å². The SMILES string of the molecule is CC(C)N/C(=C\CC[NH+]=C(N)N)C(=O)C(C)C. The summed E-state index contributed by atoms with van der Waals surface area (Å²) < 4.78 is 0. The highest BCUT2D eigenvalue weighted by molar-refractivity contribution is 5.96. The van der Waals surface area contributed by atoms with E-state index in [9.17, 15) is 4.79 Å². The van der Waals surface area contributed by atoms with E-state index in [4.69, 9.17) is 11.5 Å². The molecule has 0 atom stereocenters. The molecule has 0 bridgehead atoms. The Kier molecular flexibility index (Phi) is 7.02. The molecular formula is C12H25N4O+. The standard InChI is InChI=1S/C12H24N4O/c1-8(2)11(17)10(16-9(3)4)6-5-7-15-12(13)14/h6,8-9,16H,5,7H2,1-4H3,(H4,13,14,15)/p+1/b10-6-. The van der Waals surface area contributed by atoms with Crippen molar-refractivity contribution in [2.45, 2.75) is 40.2 Å². The topological polar surface area (TPSA) is 95.1 Å².